The fourth-order valence-corrected chi connectivity index (χ4v) is 1.57. The second-order valence-electron chi connectivity index (χ2n) is 4.03. The Morgan fingerprint density at radius 1 is 1.58 bits per heavy atom. The van der Waals surface area contributed by atoms with Crippen molar-refractivity contribution in [1.29, 1.82) is 0 Å². The number of benzene rings is 1. The number of hydrogen-bond donors (Lipinski definition) is 2. The lowest BCUT2D eigenvalue weighted by molar-refractivity contribution is -0.384. The van der Waals surface area contributed by atoms with E-state index in [-0.39, 0.29) is 17.3 Å². The Bertz CT molecular complexity index is 476. The topological polar surface area (TPSA) is 107 Å². The molecule has 104 valence electrons. The fraction of sp³-hybridized carbons (Fsp3) is 0.417. The minimum absolute atomic E-state index is 0.125. The molecule has 0 saturated carbocycles. The monoisotopic (exact) mass is 267 g/mol. The van der Waals surface area contributed by atoms with Crippen LogP contribution in [-0.4, -0.2) is 24.0 Å². The number of nitrogens with two attached hydrogens (primary N) is 1. The lowest BCUT2D eigenvalue weighted by Crippen LogP contribution is -2.35. The Morgan fingerprint density at radius 3 is 2.79 bits per heavy atom. The third-order valence-electron chi connectivity index (χ3n) is 2.59. The number of hydrogen-bond acceptors (Lipinski definition) is 5. The van der Waals surface area contributed by atoms with Crippen molar-refractivity contribution in [3.8, 4) is 5.75 Å². The number of methoxy groups -OCH3 is 1. The summed E-state index contributed by atoms with van der Waals surface area (Å²) in [5.74, 6) is -0.0386. The third-order valence-corrected chi connectivity index (χ3v) is 2.59. The Kier molecular flexibility index (Phi) is 5.25. The molecule has 1 aromatic carbocycles. The van der Waals surface area contributed by atoms with Crippen molar-refractivity contribution in [1.82, 2.24) is 0 Å². The number of ether oxygens (including phenoxy) is 1. The second kappa shape index (κ2) is 6.69. The number of carbonyl (C=O) groups excluding carboxylic acids is 1. The second-order valence-corrected chi connectivity index (χ2v) is 4.03. The quantitative estimate of drug-likeness (QED) is 0.602. The molecule has 1 rings (SSSR count). The van der Waals surface area contributed by atoms with Crippen molar-refractivity contribution in [2.75, 3.05) is 12.4 Å². The van der Waals surface area contributed by atoms with Gasteiger partial charge in [-0.05, 0) is 12.5 Å². The van der Waals surface area contributed by atoms with E-state index in [0.29, 0.717) is 12.2 Å². The summed E-state index contributed by atoms with van der Waals surface area (Å²) >= 11 is 0. The zero-order valence-corrected chi connectivity index (χ0v) is 10.9. The first kappa shape index (κ1) is 14.9. The van der Waals surface area contributed by atoms with E-state index in [0.717, 1.165) is 6.42 Å². The van der Waals surface area contributed by atoms with Gasteiger partial charge in [-0.2, -0.15) is 0 Å². The molecule has 7 nitrogen and oxygen atoms in total. The highest BCUT2D eigenvalue weighted by molar-refractivity contribution is 5.96. The maximum absolute atomic E-state index is 11.8. The van der Waals surface area contributed by atoms with Crippen LogP contribution in [0.4, 0.5) is 11.4 Å². The summed E-state index contributed by atoms with van der Waals surface area (Å²) in [7, 11) is 1.42. The minimum Gasteiger partial charge on any atom is -0.495 e. The van der Waals surface area contributed by atoms with Crippen molar-refractivity contribution in [2.45, 2.75) is 25.8 Å². The summed E-state index contributed by atoms with van der Waals surface area (Å²) in [4.78, 5) is 22.0. The van der Waals surface area contributed by atoms with Gasteiger partial charge < -0.3 is 15.8 Å². The van der Waals surface area contributed by atoms with Gasteiger partial charge in [-0.1, -0.05) is 13.3 Å². The summed E-state index contributed by atoms with van der Waals surface area (Å²) in [6.07, 6.45) is 1.32. The van der Waals surface area contributed by atoms with E-state index >= 15 is 0 Å². The Labute approximate surface area is 110 Å². The predicted molar refractivity (Wildman–Crippen MR) is 71.2 cm³/mol. The zero-order valence-electron chi connectivity index (χ0n) is 10.9. The number of anilines is 1. The molecule has 0 fully saturated rings. The number of nitrogens with one attached hydrogen (secondary N) is 1. The van der Waals surface area contributed by atoms with Crippen LogP contribution in [0, 0.1) is 10.1 Å². The summed E-state index contributed by atoms with van der Waals surface area (Å²) in [5.41, 5.74) is 5.80. The highest BCUT2D eigenvalue weighted by atomic mass is 16.6. The number of amides is 1. The zero-order chi connectivity index (χ0) is 14.4. The molecule has 0 aromatic heterocycles. The molecule has 0 aliphatic carbocycles. The molecule has 7 heteroatoms. The van der Waals surface area contributed by atoms with Crippen LogP contribution in [0.25, 0.3) is 0 Å². The molecule has 0 spiro atoms. The summed E-state index contributed by atoms with van der Waals surface area (Å²) < 4.78 is 5.04. The average Bonchev–Trinajstić information content (AvgIpc) is 2.38. The van der Waals surface area contributed by atoms with Crippen LogP contribution in [0.3, 0.4) is 0 Å². The van der Waals surface area contributed by atoms with Gasteiger partial charge in [0, 0.05) is 12.1 Å². The van der Waals surface area contributed by atoms with Crippen LogP contribution < -0.4 is 15.8 Å². The van der Waals surface area contributed by atoms with Gasteiger partial charge in [0.2, 0.25) is 5.91 Å². The first-order valence-electron chi connectivity index (χ1n) is 5.88. The number of nitro groups is 1. The molecule has 1 amide bonds. The van der Waals surface area contributed by atoms with E-state index in [1.165, 1.54) is 25.3 Å². The lowest BCUT2D eigenvalue weighted by atomic mass is 10.1. The number of nitro benzene ring substituents is 1. The third kappa shape index (κ3) is 3.92. The van der Waals surface area contributed by atoms with Gasteiger partial charge in [-0.25, -0.2) is 0 Å². The summed E-state index contributed by atoms with van der Waals surface area (Å²) in [6, 6.07) is 3.34. The molecular weight excluding hydrogens is 250 g/mol. The van der Waals surface area contributed by atoms with Crippen LogP contribution >= 0.6 is 0 Å². The Morgan fingerprint density at radius 2 is 2.26 bits per heavy atom. The maximum Gasteiger partial charge on any atom is 0.271 e. The van der Waals surface area contributed by atoms with E-state index in [4.69, 9.17) is 10.5 Å². The van der Waals surface area contributed by atoms with Crippen molar-refractivity contribution >= 4 is 17.3 Å². The number of rotatable bonds is 6. The van der Waals surface area contributed by atoms with Crippen molar-refractivity contribution in [2.24, 2.45) is 5.73 Å². The summed E-state index contributed by atoms with van der Waals surface area (Å²) in [6.45, 7) is 1.92. The van der Waals surface area contributed by atoms with E-state index in [1.54, 1.807) is 0 Å². The van der Waals surface area contributed by atoms with Gasteiger partial charge in [-0.15, -0.1) is 0 Å². The molecule has 0 bridgehead atoms. The number of nitrogens with zero attached hydrogens (tertiary/aromatic N) is 1. The standard InChI is InChI=1S/C12H17N3O4/c1-3-4-9(13)12(16)14-10-7-8(15(17)18)5-6-11(10)19-2/h5-7,9H,3-4,13H2,1-2H3,(H,14,16)/t9-/m1/s1. The smallest absolute Gasteiger partial charge is 0.271 e. The lowest BCUT2D eigenvalue weighted by Gasteiger charge is -2.13. The van der Waals surface area contributed by atoms with Gasteiger partial charge in [0.05, 0.1) is 23.8 Å². The maximum atomic E-state index is 11.8. The number of non-ortho nitro benzene ring substituents is 1. The molecule has 0 saturated heterocycles. The SMILES string of the molecule is CCC[C@@H](N)C(=O)Nc1cc([N+](=O)[O-])ccc1OC. The van der Waals surface area contributed by atoms with Gasteiger partial charge in [0.25, 0.3) is 5.69 Å². The van der Waals surface area contributed by atoms with Crippen molar-refractivity contribution in [3.63, 3.8) is 0 Å². The molecule has 0 unspecified atom stereocenters. The first-order chi connectivity index (χ1) is 8.99. The molecule has 1 atom stereocenters. The van der Waals surface area contributed by atoms with Crippen LogP contribution in [0.15, 0.2) is 18.2 Å². The average molecular weight is 267 g/mol. The highest BCUT2D eigenvalue weighted by Crippen LogP contribution is 2.28. The van der Waals surface area contributed by atoms with Crippen molar-refractivity contribution in [3.05, 3.63) is 28.3 Å². The molecule has 0 aliphatic rings. The normalized spacial score (nSPS) is 11.7. The molecule has 19 heavy (non-hydrogen) atoms. The van der Waals surface area contributed by atoms with E-state index in [1.807, 2.05) is 6.92 Å². The van der Waals surface area contributed by atoms with Gasteiger partial charge in [-0.3, -0.25) is 14.9 Å². The molecule has 3 N–H and O–H groups in total. The van der Waals surface area contributed by atoms with Gasteiger partial charge in [0.15, 0.2) is 0 Å². The molecule has 0 heterocycles. The molecule has 1 aromatic rings. The van der Waals surface area contributed by atoms with Crippen LogP contribution in [0.1, 0.15) is 19.8 Å². The fourth-order valence-electron chi connectivity index (χ4n) is 1.57. The minimum atomic E-state index is -0.644. The molecular formula is C12H17N3O4. The Balaban J connectivity index is 2.94. The van der Waals surface area contributed by atoms with Crippen LogP contribution in [-0.2, 0) is 4.79 Å². The van der Waals surface area contributed by atoms with Gasteiger partial charge in [0.1, 0.15) is 5.75 Å². The van der Waals surface area contributed by atoms with Crippen LogP contribution in [0.2, 0.25) is 0 Å². The van der Waals surface area contributed by atoms with Crippen LogP contribution in [0.5, 0.6) is 5.75 Å². The first-order valence-corrected chi connectivity index (χ1v) is 5.88. The summed E-state index contributed by atoms with van der Waals surface area (Å²) in [5, 5.41) is 13.3. The van der Waals surface area contributed by atoms with E-state index in [2.05, 4.69) is 5.32 Å². The predicted octanol–water partition coefficient (Wildman–Crippen LogP) is 1.67. The number of carbonyl (C=O) groups is 1. The van der Waals surface area contributed by atoms with E-state index in [9.17, 15) is 14.9 Å². The molecule has 0 radical (unpaired) electrons. The highest BCUT2D eigenvalue weighted by Gasteiger charge is 2.17. The Hall–Kier alpha value is -2.15. The van der Waals surface area contributed by atoms with Crippen molar-refractivity contribution < 1.29 is 14.5 Å². The van der Waals surface area contributed by atoms with Gasteiger partial charge >= 0.3 is 0 Å². The largest absolute Gasteiger partial charge is 0.495 e. The van der Waals surface area contributed by atoms with E-state index < -0.39 is 11.0 Å². The molecule has 0 aliphatic heterocycles.